The van der Waals surface area contributed by atoms with Gasteiger partial charge in [0.1, 0.15) is 0 Å². The van der Waals surface area contributed by atoms with E-state index in [0.717, 1.165) is 6.42 Å². The first kappa shape index (κ1) is 11.8. The number of alkyl halides is 3. The monoisotopic (exact) mass is 184 g/mol. The molecule has 0 unspecified atom stereocenters. The maximum absolute atomic E-state index is 11.6. The van der Waals surface area contributed by atoms with Crippen LogP contribution in [0.3, 0.4) is 0 Å². The molecule has 0 aromatic rings. The summed E-state index contributed by atoms with van der Waals surface area (Å²) in [7, 11) is 0. The molecule has 0 aliphatic rings. The van der Waals surface area contributed by atoms with Crippen LogP contribution in [-0.2, 0) is 4.74 Å². The highest BCUT2D eigenvalue weighted by molar-refractivity contribution is 4.53. The molecule has 0 bridgehead atoms. The van der Waals surface area contributed by atoms with Gasteiger partial charge in [0.05, 0.1) is 6.10 Å². The molecule has 12 heavy (non-hydrogen) atoms. The molecule has 74 valence electrons. The van der Waals surface area contributed by atoms with Crippen molar-refractivity contribution in [2.24, 2.45) is 5.92 Å². The van der Waals surface area contributed by atoms with Crippen LogP contribution in [0.1, 0.15) is 33.6 Å². The molecule has 0 saturated heterocycles. The van der Waals surface area contributed by atoms with Gasteiger partial charge in [0, 0.05) is 0 Å². The summed E-state index contributed by atoms with van der Waals surface area (Å²) in [4.78, 5) is 0. The molecular formula is C8H15F3O. The normalized spacial score (nSPS) is 15.2. The van der Waals surface area contributed by atoms with Crippen LogP contribution in [0.4, 0.5) is 13.2 Å². The first-order chi connectivity index (χ1) is 5.31. The zero-order chi connectivity index (χ0) is 9.78. The van der Waals surface area contributed by atoms with Crippen LogP contribution >= 0.6 is 0 Å². The molecule has 1 atom stereocenters. The molecule has 0 saturated carbocycles. The number of hydrogen-bond acceptors (Lipinski definition) is 1. The highest BCUT2D eigenvalue weighted by atomic mass is 19.4. The summed E-state index contributed by atoms with van der Waals surface area (Å²) >= 11 is 0. The number of ether oxygens (including phenoxy) is 1. The van der Waals surface area contributed by atoms with Gasteiger partial charge in [-0.3, -0.25) is 4.74 Å². The second-order valence-corrected chi connectivity index (χ2v) is 3.35. The first-order valence-electron chi connectivity index (χ1n) is 4.06. The van der Waals surface area contributed by atoms with Crippen molar-refractivity contribution in [2.75, 3.05) is 0 Å². The average molecular weight is 184 g/mol. The summed E-state index contributed by atoms with van der Waals surface area (Å²) in [5.74, 6) is 0.421. The fourth-order valence-corrected chi connectivity index (χ4v) is 0.855. The van der Waals surface area contributed by atoms with Crippen LogP contribution in [0.2, 0.25) is 0 Å². The third kappa shape index (κ3) is 7.85. The molecule has 0 N–H and O–H groups in total. The second-order valence-electron chi connectivity index (χ2n) is 3.35. The molecule has 0 heterocycles. The maximum atomic E-state index is 11.6. The predicted molar refractivity (Wildman–Crippen MR) is 40.7 cm³/mol. The zero-order valence-corrected chi connectivity index (χ0v) is 7.61. The number of halogens is 3. The van der Waals surface area contributed by atoms with E-state index in [1.165, 1.54) is 6.92 Å². The van der Waals surface area contributed by atoms with Crippen LogP contribution in [0.5, 0.6) is 0 Å². The van der Waals surface area contributed by atoms with E-state index in [-0.39, 0.29) is 0 Å². The lowest BCUT2D eigenvalue weighted by molar-refractivity contribution is -0.341. The first-order valence-corrected chi connectivity index (χ1v) is 4.06. The van der Waals surface area contributed by atoms with Gasteiger partial charge in [0.25, 0.3) is 0 Å². The minimum atomic E-state index is -4.49. The van der Waals surface area contributed by atoms with E-state index in [1.807, 2.05) is 13.8 Å². The van der Waals surface area contributed by atoms with E-state index in [2.05, 4.69) is 4.74 Å². The maximum Gasteiger partial charge on any atom is 0.522 e. The van der Waals surface area contributed by atoms with Crippen LogP contribution in [-0.4, -0.2) is 12.5 Å². The van der Waals surface area contributed by atoms with Crippen LogP contribution in [0.25, 0.3) is 0 Å². The fourth-order valence-electron chi connectivity index (χ4n) is 0.855. The van der Waals surface area contributed by atoms with Crippen molar-refractivity contribution in [3.63, 3.8) is 0 Å². The zero-order valence-electron chi connectivity index (χ0n) is 7.61. The molecule has 0 aliphatic carbocycles. The molecule has 0 aromatic heterocycles. The summed E-state index contributed by atoms with van der Waals surface area (Å²) in [5.41, 5.74) is 0. The van der Waals surface area contributed by atoms with Crippen LogP contribution < -0.4 is 0 Å². The van der Waals surface area contributed by atoms with E-state index < -0.39 is 12.5 Å². The highest BCUT2D eigenvalue weighted by Gasteiger charge is 2.31. The third-order valence-electron chi connectivity index (χ3n) is 1.49. The predicted octanol–water partition coefficient (Wildman–Crippen LogP) is 3.35. The van der Waals surface area contributed by atoms with Crippen molar-refractivity contribution in [3.05, 3.63) is 0 Å². The fraction of sp³-hybridized carbons (Fsp3) is 1.00. The lowest BCUT2D eigenvalue weighted by atomic mass is 10.1. The molecule has 0 rings (SSSR count). The minimum Gasteiger partial charge on any atom is -0.289 e. The van der Waals surface area contributed by atoms with Crippen LogP contribution in [0.15, 0.2) is 0 Å². The van der Waals surface area contributed by atoms with E-state index in [9.17, 15) is 13.2 Å². The minimum absolute atomic E-state index is 0.421. The molecule has 0 radical (unpaired) electrons. The van der Waals surface area contributed by atoms with Gasteiger partial charge in [-0.05, 0) is 25.7 Å². The number of hydrogen-bond donors (Lipinski definition) is 0. The van der Waals surface area contributed by atoms with E-state index in [0.29, 0.717) is 12.3 Å². The molecule has 1 nitrogen and oxygen atoms in total. The molecule has 0 fully saturated rings. The van der Waals surface area contributed by atoms with Crippen molar-refractivity contribution in [2.45, 2.75) is 46.1 Å². The largest absolute Gasteiger partial charge is 0.522 e. The van der Waals surface area contributed by atoms with E-state index in [4.69, 9.17) is 0 Å². The van der Waals surface area contributed by atoms with Crippen molar-refractivity contribution >= 4 is 0 Å². The lowest BCUT2D eigenvalue weighted by Crippen LogP contribution is -2.21. The summed E-state index contributed by atoms with van der Waals surface area (Å²) in [6.45, 7) is 5.39. The van der Waals surface area contributed by atoms with Gasteiger partial charge < -0.3 is 0 Å². The lowest BCUT2D eigenvalue weighted by Gasteiger charge is -2.15. The van der Waals surface area contributed by atoms with Gasteiger partial charge in [-0.15, -0.1) is 13.2 Å². The SMILES string of the molecule is CC(C)CC[C@H](C)OC(F)(F)F. The van der Waals surface area contributed by atoms with Crippen molar-refractivity contribution in [1.29, 1.82) is 0 Å². The Balaban J connectivity index is 3.53. The Bertz CT molecular complexity index is 120. The van der Waals surface area contributed by atoms with Crippen molar-refractivity contribution in [3.8, 4) is 0 Å². The Morgan fingerprint density at radius 3 is 1.92 bits per heavy atom. The topological polar surface area (TPSA) is 9.23 Å². The van der Waals surface area contributed by atoms with Gasteiger partial charge in [-0.2, -0.15) is 0 Å². The molecule has 0 aromatic carbocycles. The smallest absolute Gasteiger partial charge is 0.289 e. The second kappa shape index (κ2) is 4.70. The summed E-state index contributed by atoms with van der Waals surface area (Å²) in [5, 5.41) is 0. The standard InChI is InChI=1S/C8H15F3O/c1-6(2)4-5-7(3)12-8(9,10)11/h6-7H,4-5H2,1-3H3/t7-/m0/s1. The van der Waals surface area contributed by atoms with Crippen LogP contribution in [0, 0.1) is 5.92 Å². The van der Waals surface area contributed by atoms with Gasteiger partial charge >= 0.3 is 6.36 Å². The summed E-state index contributed by atoms with van der Waals surface area (Å²) < 4.78 is 38.6. The molecule has 0 amide bonds. The van der Waals surface area contributed by atoms with E-state index in [1.54, 1.807) is 0 Å². The number of rotatable bonds is 4. The Hall–Kier alpha value is -0.250. The Morgan fingerprint density at radius 2 is 1.58 bits per heavy atom. The van der Waals surface area contributed by atoms with Gasteiger partial charge in [0.2, 0.25) is 0 Å². The third-order valence-corrected chi connectivity index (χ3v) is 1.49. The Morgan fingerprint density at radius 1 is 1.08 bits per heavy atom. The quantitative estimate of drug-likeness (QED) is 0.651. The highest BCUT2D eigenvalue weighted by Crippen LogP contribution is 2.21. The van der Waals surface area contributed by atoms with Gasteiger partial charge in [-0.25, -0.2) is 0 Å². The molecule has 4 heteroatoms. The Labute approximate surface area is 70.9 Å². The van der Waals surface area contributed by atoms with Gasteiger partial charge in [0.15, 0.2) is 0 Å². The molecular weight excluding hydrogens is 169 g/mol. The van der Waals surface area contributed by atoms with E-state index >= 15 is 0 Å². The Kier molecular flexibility index (Phi) is 4.60. The average Bonchev–Trinajstić information content (AvgIpc) is 1.79. The van der Waals surface area contributed by atoms with Crippen molar-refractivity contribution < 1.29 is 17.9 Å². The summed E-state index contributed by atoms with van der Waals surface area (Å²) in [6.07, 6.45) is -4.00. The van der Waals surface area contributed by atoms with Crippen molar-refractivity contribution in [1.82, 2.24) is 0 Å². The molecule has 0 aliphatic heterocycles. The van der Waals surface area contributed by atoms with Gasteiger partial charge in [-0.1, -0.05) is 13.8 Å². The molecule has 0 spiro atoms. The summed E-state index contributed by atoms with van der Waals surface area (Å²) in [6, 6.07) is 0.